The van der Waals surface area contributed by atoms with Crippen molar-refractivity contribution in [3.8, 4) is 0 Å². The number of hydrogen-bond donors (Lipinski definition) is 3. The zero-order valence-corrected chi connectivity index (χ0v) is 17.8. The third kappa shape index (κ3) is 4.49. The molecule has 2 aromatic rings. The number of hydrogen-bond acceptors (Lipinski definition) is 4. The fourth-order valence-electron chi connectivity index (χ4n) is 4.12. The van der Waals surface area contributed by atoms with Gasteiger partial charge in [-0.05, 0) is 42.5 Å². The number of nitrogens with one attached hydrogen (secondary N) is 3. The van der Waals surface area contributed by atoms with Gasteiger partial charge in [0.15, 0.2) is 0 Å². The number of rotatable bonds is 8. The van der Waals surface area contributed by atoms with E-state index in [1.54, 1.807) is 24.6 Å². The summed E-state index contributed by atoms with van der Waals surface area (Å²) in [7, 11) is -3.51. The molecule has 154 valence electrons. The Morgan fingerprint density at radius 3 is 2.62 bits per heavy atom. The van der Waals surface area contributed by atoms with E-state index in [4.69, 9.17) is 0 Å². The Balaban J connectivity index is 1.61. The highest BCUT2D eigenvalue weighted by Gasteiger charge is 2.42. The highest BCUT2D eigenvalue weighted by molar-refractivity contribution is 7.89. The molecule has 5 nitrogen and oxygen atoms in total. The summed E-state index contributed by atoms with van der Waals surface area (Å²) < 4.78 is 27.6. The first kappa shape index (κ1) is 20.0. The van der Waals surface area contributed by atoms with Gasteiger partial charge in [0.1, 0.15) is 0 Å². The molecular weight excluding hydrogens is 382 g/mol. The Morgan fingerprint density at radius 2 is 1.86 bits per heavy atom. The topological polar surface area (TPSA) is 70.2 Å². The van der Waals surface area contributed by atoms with Crippen LogP contribution in [0.3, 0.4) is 0 Å². The van der Waals surface area contributed by atoms with Crippen LogP contribution in [0, 0.1) is 11.8 Å². The van der Waals surface area contributed by atoms with Crippen LogP contribution in [0.4, 0.5) is 11.4 Å². The highest BCUT2D eigenvalue weighted by Crippen LogP contribution is 2.48. The standard InChI is InChI=1S/C23H29N3O2S/c1-3-25-29(27,28)19-11-12-21(26-23-16(2)9-10-18-13-20(18)23)22(14-19)24-15-17-7-5-4-6-8-17/h4-8,10-12,14,16,20,23-26H,3,9,13,15H2,1-2H3. The van der Waals surface area contributed by atoms with Gasteiger partial charge >= 0.3 is 0 Å². The average molecular weight is 412 g/mol. The van der Waals surface area contributed by atoms with Crippen LogP contribution in [0.15, 0.2) is 65.1 Å². The smallest absolute Gasteiger partial charge is 0.240 e. The molecular formula is C23H29N3O2S. The van der Waals surface area contributed by atoms with Crippen molar-refractivity contribution in [3.63, 3.8) is 0 Å². The van der Waals surface area contributed by atoms with E-state index in [-0.39, 0.29) is 4.90 Å². The van der Waals surface area contributed by atoms with Gasteiger partial charge < -0.3 is 10.6 Å². The van der Waals surface area contributed by atoms with Gasteiger partial charge in [0.05, 0.1) is 16.3 Å². The molecule has 0 bridgehead atoms. The fraction of sp³-hybridized carbons (Fsp3) is 0.391. The molecule has 6 heteroatoms. The summed E-state index contributed by atoms with van der Waals surface area (Å²) in [5.74, 6) is 1.17. The fourth-order valence-corrected chi connectivity index (χ4v) is 5.19. The molecule has 2 aromatic carbocycles. The third-order valence-corrected chi connectivity index (χ3v) is 7.40. The summed E-state index contributed by atoms with van der Waals surface area (Å²) in [6.07, 6.45) is 4.67. The van der Waals surface area contributed by atoms with E-state index in [0.717, 1.165) is 23.4 Å². The lowest BCUT2D eigenvalue weighted by molar-refractivity contribution is 0.442. The largest absolute Gasteiger partial charge is 0.380 e. The summed E-state index contributed by atoms with van der Waals surface area (Å²) >= 11 is 0. The molecule has 2 aliphatic rings. The van der Waals surface area contributed by atoms with Gasteiger partial charge in [0.2, 0.25) is 10.0 Å². The Hall–Kier alpha value is -2.31. The van der Waals surface area contributed by atoms with Crippen LogP contribution in [-0.2, 0) is 16.6 Å². The van der Waals surface area contributed by atoms with E-state index in [0.29, 0.717) is 31.0 Å². The van der Waals surface area contributed by atoms with Crippen LogP contribution in [0.1, 0.15) is 32.3 Å². The quantitative estimate of drug-likeness (QED) is 0.565. The first-order chi connectivity index (χ1) is 14.0. The van der Waals surface area contributed by atoms with Crippen LogP contribution in [-0.4, -0.2) is 21.0 Å². The summed E-state index contributed by atoms with van der Waals surface area (Å²) in [5.41, 5.74) is 4.49. The summed E-state index contributed by atoms with van der Waals surface area (Å²) in [6.45, 7) is 5.07. The van der Waals surface area contributed by atoms with E-state index in [2.05, 4.69) is 40.5 Å². The van der Waals surface area contributed by atoms with Crippen molar-refractivity contribution in [3.05, 3.63) is 65.7 Å². The van der Waals surface area contributed by atoms with Crippen molar-refractivity contribution < 1.29 is 8.42 Å². The second-order valence-corrected chi connectivity index (χ2v) is 9.79. The van der Waals surface area contributed by atoms with E-state index in [1.165, 1.54) is 6.42 Å². The Morgan fingerprint density at radius 1 is 1.07 bits per heavy atom. The van der Waals surface area contributed by atoms with Crippen molar-refractivity contribution in [2.45, 2.75) is 44.2 Å². The van der Waals surface area contributed by atoms with E-state index < -0.39 is 10.0 Å². The van der Waals surface area contributed by atoms with Crippen LogP contribution in [0.2, 0.25) is 0 Å². The van der Waals surface area contributed by atoms with E-state index in [9.17, 15) is 8.42 Å². The van der Waals surface area contributed by atoms with Gasteiger partial charge in [-0.15, -0.1) is 0 Å². The van der Waals surface area contributed by atoms with Gasteiger partial charge in [-0.3, -0.25) is 0 Å². The molecule has 0 heterocycles. The predicted molar refractivity (Wildman–Crippen MR) is 118 cm³/mol. The number of benzene rings is 2. The lowest BCUT2D eigenvalue weighted by Crippen LogP contribution is -2.31. The SMILES string of the molecule is CCNS(=O)(=O)c1ccc(NC2C(C)CC=C3CC32)c(NCc2ccccc2)c1. The van der Waals surface area contributed by atoms with Gasteiger partial charge in [-0.25, -0.2) is 13.1 Å². The molecule has 1 fully saturated rings. The maximum Gasteiger partial charge on any atom is 0.240 e. The van der Waals surface area contributed by atoms with E-state index in [1.807, 2.05) is 24.3 Å². The van der Waals surface area contributed by atoms with Gasteiger partial charge in [0, 0.05) is 25.0 Å². The molecule has 2 aliphatic carbocycles. The minimum atomic E-state index is -3.51. The molecule has 3 atom stereocenters. The second kappa shape index (κ2) is 8.20. The lowest BCUT2D eigenvalue weighted by Gasteiger charge is -2.29. The maximum absolute atomic E-state index is 12.5. The van der Waals surface area contributed by atoms with Crippen LogP contribution >= 0.6 is 0 Å². The normalized spacial score (nSPS) is 23.1. The summed E-state index contributed by atoms with van der Waals surface area (Å²) in [5, 5.41) is 7.17. The molecule has 0 spiro atoms. The Kier molecular flexibility index (Phi) is 5.65. The van der Waals surface area contributed by atoms with Gasteiger partial charge in [0.25, 0.3) is 0 Å². The lowest BCUT2D eigenvalue weighted by atomic mass is 9.90. The number of anilines is 2. The van der Waals surface area contributed by atoms with Crippen LogP contribution in [0.25, 0.3) is 0 Å². The molecule has 0 aromatic heterocycles. The zero-order valence-electron chi connectivity index (χ0n) is 17.0. The first-order valence-corrected chi connectivity index (χ1v) is 11.8. The van der Waals surface area contributed by atoms with Gasteiger partial charge in [-0.2, -0.15) is 0 Å². The maximum atomic E-state index is 12.5. The number of fused-ring (bicyclic) bond motifs is 1. The monoisotopic (exact) mass is 411 g/mol. The summed E-state index contributed by atoms with van der Waals surface area (Å²) in [4.78, 5) is 0.282. The highest BCUT2D eigenvalue weighted by atomic mass is 32.2. The Bertz CT molecular complexity index is 1000. The van der Waals surface area contributed by atoms with Crippen molar-refractivity contribution in [1.29, 1.82) is 0 Å². The molecule has 29 heavy (non-hydrogen) atoms. The first-order valence-electron chi connectivity index (χ1n) is 10.3. The average Bonchev–Trinajstić information content (AvgIpc) is 3.50. The molecule has 1 saturated carbocycles. The van der Waals surface area contributed by atoms with E-state index >= 15 is 0 Å². The molecule has 0 amide bonds. The molecule has 0 saturated heterocycles. The van der Waals surface area contributed by atoms with Crippen molar-refractivity contribution >= 4 is 21.4 Å². The van der Waals surface area contributed by atoms with Gasteiger partial charge in [-0.1, -0.05) is 55.8 Å². The minimum absolute atomic E-state index is 0.282. The molecule has 0 radical (unpaired) electrons. The molecule has 4 rings (SSSR count). The van der Waals surface area contributed by atoms with Crippen molar-refractivity contribution in [2.24, 2.45) is 11.8 Å². The third-order valence-electron chi connectivity index (χ3n) is 5.85. The summed E-state index contributed by atoms with van der Waals surface area (Å²) in [6, 6.07) is 15.8. The number of allylic oxidation sites excluding steroid dienone is 1. The van der Waals surface area contributed by atoms with Crippen molar-refractivity contribution in [2.75, 3.05) is 17.2 Å². The predicted octanol–water partition coefficient (Wildman–Crippen LogP) is 4.36. The number of sulfonamides is 1. The Labute approximate surface area is 173 Å². The zero-order chi connectivity index (χ0) is 20.4. The van der Waals surface area contributed by atoms with Crippen LogP contribution in [0.5, 0.6) is 0 Å². The van der Waals surface area contributed by atoms with Crippen LogP contribution < -0.4 is 15.4 Å². The second-order valence-electron chi connectivity index (χ2n) is 8.02. The van der Waals surface area contributed by atoms with Crippen molar-refractivity contribution in [1.82, 2.24) is 4.72 Å². The minimum Gasteiger partial charge on any atom is -0.380 e. The molecule has 0 aliphatic heterocycles. The molecule has 3 unspecified atom stereocenters. The molecule has 3 N–H and O–H groups in total.